The number of methoxy groups -OCH3 is 1. The zero-order valence-electron chi connectivity index (χ0n) is 10.4. The van der Waals surface area contributed by atoms with E-state index in [1.54, 1.807) is 13.2 Å². The molecule has 0 bridgehead atoms. The summed E-state index contributed by atoms with van der Waals surface area (Å²) in [5.74, 6) is 5.29. The van der Waals surface area contributed by atoms with Crippen molar-refractivity contribution in [1.29, 1.82) is 0 Å². The molecule has 0 aliphatic carbocycles. The van der Waals surface area contributed by atoms with E-state index in [1.165, 1.54) is 12.1 Å². The summed E-state index contributed by atoms with van der Waals surface area (Å²) in [4.78, 5) is 0. The first-order valence-corrected chi connectivity index (χ1v) is 5.79. The summed E-state index contributed by atoms with van der Waals surface area (Å²) in [5, 5.41) is 8.64. The van der Waals surface area contributed by atoms with Gasteiger partial charge in [-0.1, -0.05) is 11.8 Å². The van der Waals surface area contributed by atoms with Gasteiger partial charge in [-0.25, -0.2) is 4.39 Å². The Morgan fingerprint density at radius 1 is 1.28 bits per heavy atom. The van der Waals surface area contributed by atoms with Crippen LogP contribution in [0.3, 0.4) is 0 Å². The van der Waals surface area contributed by atoms with E-state index in [-0.39, 0.29) is 12.4 Å². The highest BCUT2D eigenvalue weighted by Crippen LogP contribution is 2.19. The van der Waals surface area contributed by atoms with Gasteiger partial charge < -0.3 is 14.6 Å². The highest BCUT2D eigenvalue weighted by Gasteiger charge is 2.03. The quantitative estimate of drug-likeness (QED) is 0.621. The molecule has 1 aromatic rings. The molecule has 0 spiro atoms. The summed E-state index contributed by atoms with van der Waals surface area (Å²) in [6.45, 7) is 0.939. The van der Waals surface area contributed by atoms with Crippen LogP contribution in [-0.4, -0.2) is 32.0 Å². The maximum atomic E-state index is 13.1. The maximum Gasteiger partial charge on any atom is 0.137 e. The van der Waals surface area contributed by atoms with E-state index in [4.69, 9.17) is 14.6 Å². The van der Waals surface area contributed by atoms with Gasteiger partial charge in [-0.3, -0.25) is 0 Å². The number of halogens is 1. The normalized spacial score (nSPS) is 9.72. The van der Waals surface area contributed by atoms with Crippen molar-refractivity contribution < 1.29 is 19.0 Å². The Balaban J connectivity index is 2.59. The van der Waals surface area contributed by atoms with Crippen LogP contribution in [-0.2, 0) is 4.74 Å². The molecule has 0 heterocycles. The number of aliphatic hydroxyl groups excluding tert-OH is 1. The van der Waals surface area contributed by atoms with E-state index >= 15 is 0 Å². The monoisotopic (exact) mass is 252 g/mol. The van der Waals surface area contributed by atoms with E-state index in [0.29, 0.717) is 24.5 Å². The fourth-order valence-electron chi connectivity index (χ4n) is 1.38. The number of benzene rings is 1. The maximum absolute atomic E-state index is 13.1. The summed E-state index contributed by atoms with van der Waals surface area (Å²) < 4.78 is 23.5. The first-order chi connectivity index (χ1) is 8.77. The highest BCUT2D eigenvalue weighted by atomic mass is 19.1. The molecule has 0 amide bonds. The van der Waals surface area contributed by atoms with Crippen LogP contribution in [0.25, 0.3) is 0 Å². The molecule has 0 fully saturated rings. The first kappa shape index (κ1) is 14.5. The summed E-state index contributed by atoms with van der Waals surface area (Å²) >= 11 is 0. The van der Waals surface area contributed by atoms with Crippen LogP contribution in [0.15, 0.2) is 18.2 Å². The van der Waals surface area contributed by atoms with Gasteiger partial charge in [0.2, 0.25) is 0 Å². The second-order valence-corrected chi connectivity index (χ2v) is 3.65. The molecule has 0 aliphatic heterocycles. The zero-order chi connectivity index (χ0) is 13.2. The summed E-state index contributed by atoms with van der Waals surface area (Å²) in [5.41, 5.74) is 0.581. The van der Waals surface area contributed by atoms with E-state index in [2.05, 4.69) is 11.8 Å². The van der Waals surface area contributed by atoms with Crippen molar-refractivity contribution in [3.05, 3.63) is 29.6 Å². The second kappa shape index (κ2) is 8.51. The fraction of sp³-hybridized carbons (Fsp3) is 0.429. The van der Waals surface area contributed by atoms with Crippen molar-refractivity contribution >= 4 is 0 Å². The number of hydrogen-bond donors (Lipinski definition) is 1. The lowest BCUT2D eigenvalue weighted by atomic mass is 10.2. The van der Waals surface area contributed by atoms with Gasteiger partial charge in [-0.15, -0.1) is 0 Å². The molecule has 0 saturated heterocycles. The summed E-state index contributed by atoms with van der Waals surface area (Å²) in [6, 6.07) is 4.17. The molecular formula is C14H17FO3. The molecule has 0 saturated carbocycles. The lowest BCUT2D eigenvalue weighted by molar-refractivity contribution is 0.184. The first-order valence-electron chi connectivity index (χ1n) is 5.79. The third kappa shape index (κ3) is 5.17. The van der Waals surface area contributed by atoms with Crippen LogP contribution in [0.2, 0.25) is 0 Å². The molecule has 0 radical (unpaired) electrons. The number of aliphatic hydroxyl groups is 1. The van der Waals surface area contributed by atoms with Gasteiger partial charge in [0.15, 0.2) is 0 Å². The minimum atomic E-state index is -0.364. The minimum Gasteiger partial charge on any atom is -0.492 e. The third-order valence-corrected chi connectivity index (χ3v) is 2.25. The van der Waals surface area contributed by atoms with Gasteiger partial charge in [-0.2, -0.15) is 0 Å². The molecule has 1 aromatic carbocycles. The van der Waals surface area contributed by atoms with Gasteiger partial charge in [0.1, 0.15) is 18.2 Å². The lowest BCUT2D eigenvalue weighted by Crippen LogP contribution is -2.01. The molecule has 1 rings (SSSR count). The molecule has 1 N–H and O–H groups in total. The van der Waals surface area contributed by atoms with E-state index in [9.17, 15) is 4.39 Å². The lowest BCUT2D eigenvalue weighted by Gasteiger charge is -2.08. The van der Waals surface area contributed by atoms with Crippen LogP contribution in [0.5, 0.6) is 5.75 Å². The highest BCUT2D eigenvalue weighted by molar-refractivity contribution is 5.46. The van der Waals surface area contributed by atoms with Crippen LogP contribution >= 0.6 is 0 Å². The number of hydrogen-bond acceptors (Lipinski definition) is 3. The Morgan fingerprint density at radius 2 is 2.06 bits per heavy atom. The molecular weight excluding hydrogens is 235 g/mol. The second-order valence-electron chi connectivity index (χ2n) is 3.65. The van der Waals surface area contributed by atoms with Gasteiger partial charge in [-0.05, 0) is 25.0 Å². The van der Waals surface area contributed by atoms with Gasteiger partial charge in [0, 0.05) is 19.8 Å². The number of unbranched alkanes of at least 4 members (excludes halogenated alkanes) is 1. The SMILES string of the molecule is COCCCCOc1cc(F)ccc1C#CCO. The predicted molar refractivity (Wildman–Crippen MR) is 67.0 cm³/mol. The number of rotatable bonds is 6. The fourth-order valence-corrected chi connectivity index (χ4v) is 1.38. The minimum absolute atomic E-state index is 0.231. The van der Waals surface area contributed by atoms with Crippen molar-refractivity contribution in [1.82, 2.24) is 0 Å². The molecule has 3 nitrogen and oxygen atoms in total. The topological polar surface area (TPSA) is 38.7 Å². The third-order valence-electron chi connectivity index (χ3n) is 2.25. The molecule has 98 valence electrons. The molecule has 18 heavy (non-hydrogen) atoms. The smallest absolute Gasteiger partial charge is 0.137 e. The van der Waals surface area contributed by atoms with Crippen LogP contribution < -0.4 is 4.74 Å². The van der Waals surface area contributed by atoms with Gasteiger partial charge in [0.05, 0.1) is 12.2 Å². The Kier molecular flexibility index (Phi) is 6.85. The predicted octanol–water partition coefficient (Wildman–Crippen LogP) is 1.97. The van der Waals surface area contributed by atoms with Crippen LogP contribution in [0.1, 0.15) is 18.4 Å². The van der Waals surface area contributed by atoms with Gasteiger partial charge >= 0.3 is 0 Å². The van der Waals surface area contributed by atoms with E-state index in [1.807, 2.05) is 0 Å². The van der Waals surface area contributed by atoms with Crippen LogP contribution in [0.4, 0.5) is 4.39 Å². The average molecular weight is 252 g/mol. The Hall–Kier alpha value is -1.57. The van der Waals surface area contributed by atoms with Crippen LogP contribution in [0, 0.1) is 17.7 Å². The standard InChI is InChI=1S/C14H17FO3/c1-17-9-2-3-10-18-14-11-13(15)7-6-12(14)5-4-8-16/h6-7,11,16H,2-3,8-10H2,1H3. The van der Waals surface area contributed by atoms with Crippen molar-refractivity contribution in [2.24, 2.45) is 0 Å². The Morgan fingerprint density at radius 3 is 2.78 bits per heavy atom. The summed E-state index contributed by atoms with van der Waals surface area (Å²) in [6.07, 6.45) is 1.72. The van der Waals surface area contributed by atoms with Gasteiger partial charge in [0.25, 0.3) is 0 Å². The average Bonchev–Trinajstić information content (AvgIpc) is 2.37. The molecule has 4 heteroatoms. The Labute approximate surface area is 107 Å². The molecule has 0 atom stereocenters. The molecule has 0 aromatic heterocycles. The Bertz CT molecular complexity index is 421. The van der Waals surface area contributed by atoms with Crippen molar-refractivity contribution in [2.45, 2.75) is 12.8 Å². The summed E-state index contributed by atoms with van der Waals surface area (Å²) in [7, 11) is 1.65. The zero-order valence-corrected chi connectivity index (χ0v) is 10.4. The van der Waals surface area contributed by atoms with E-state index < -0.39 is 0 Å². The van der Waals surface area contributed by atoms with Crippen molar-refractivity contribution in [3.8, 4) is 17.6 Å². The van der Waals surface area contributed by atoms with E-state index in [0.717, 1.165) is 12.8 Å². The van der Waals surface area contributed by atoms with Crippen molar-refractivity contribution in [3.63, 3.8) is 0 Å². The molecule has 0 aliphatic rings. The number of ether oxygens (including phenoxy) is 2. The molecule has 0 unspecified atom stereocenters. The van der Waals surface area contributed by atoms with Crippen molar-refractivity contribution in [2.75, 3.05) is 26.9 Å². The largest absolute Gasteiger partial charge is 0.492 e.